The Hall–Kier alpha value is -3.92. The molecule has 3 fully saturated rings. The van der Waals surface area contributed by atoms with E-state index in [1.54, 1.807) is 36.5 Å². The number of hydrogen-bond donors (Lipinski definition) is 2. The number of rotatable bonds is 7. The summed E-state index contributed by atoms with van der Waals surface area (Å²) in [7, 11) is 0. The highest BCUT2D eigenvalue weighted by Crippen LogP contribution is 2.43. The van der Waals surface area contributed by atoms with E-state index in [-0.39, 0.29) is 29.8 Å². The fourth-order valence-corrected chi connectivity index (χ4v) is 6.43. The summed E-state index contributed by atoms with van der Waals surface area (Å²) in [5.41, 5.74) is 8.91. The van der Waals surface area contributed by atoms with E-state index in [4.69, 9.17) is 5.73 Å². The van der Waals surface area contributed by atoms with Gasteiger partial charge >= 0.3 is 6.18 Å². The summed E-state index contributed by atoms with van der Waals surface area (Å²) in [4.78, 5) is 34.4. The number of halogens is 3. The number of amides is 2. The van der Waals surface area contributed by atoms with Gasteiger partial charge in [0.25, 0.3) is 5.91 Å². The number of piperidine rings is 1. The molecule has 2 aliphatic heterocycles. The molecule has 0 bridgehead atoms. The summed E-state index contributed by atoms with van der Waals surface area (Å²) in [5, 5.41) is 2.98. The van der Waals surface area contributed by atoms with Crippen LogP contribution in [0.1, 0.15) is 65.8 Å². The van der Waals surface area contributed by atoms with E-state index < -0.39 is 11.7 Å². The van der Waals surface area contributed by atoms with Crippen LogP contribution in [0, 0.1) is 11.3 Å². The van der Waals surface area contributed by atoms with E-state index in [1.807, 2.05) is 13.0 Å². The quantitative estimate of drug-likeness (QED) is 0.376. The van der Waals surface area contributed by atoms with Gasteiger partial charge in [-0.05, 0) is 79.1 Å². The third kappa shape index (κ3) is 6.11. The van der Waals surface area contributed by atoms with Crippen LogP contribution in [0.4, 0.5) is 18.9 Å². The zero-order valence-electron chi connectivity index (χ0n) is 24.2. The van der Waals surface area contributed by atoms with Crippen molar-refractivity contribution in [1.82, 2.24) is 15.2 Å². The first-order chi connectivity index (χ1) is 20.5. The number of benzene rings is 2. The molecule has 1 aromatic heterocycles. The zero-order chi connectivity index (χ0) is 30.4. The Labute approximate surface area is 249 Å². The SMILES string of the molecule is C[C@@H](NC(=O)c1cc(N2CC3(CCCN(C(=O)C4CC4)C3)C2)ccn1)c1ccc(-c2cc(C(F)(F)F)ccc2CN)cc1. The van der Waals surface area contributed by atoms with Crippen LogP contribution in [0.3, 0.4) is 0 Å². The lowest BCUT2D eigenvalue weighted by Crippen LogP contribution is -2.63. The van der Waals surface area contributed by atoms with E-state index in [0.717, 1.165) is 75.2 Å². The number of carbonyl (C=O) groups excluding carboxylic acids is 2. The van der Waals surface area contributed by atoms with Crippen molar-refractivity contribution in [3.8, 4) is 11.1 Å². The molecule has 10 heteroatoms. The molecule has 2 saturated heterocycles. The average Bonchev–Trinajstić information content (AvgIpc) is 3.84. The molecular weight excluding hydrogens is 555 g/mol. The minimum Gasteiger partial charge on any atom is -0.370 e. The maximum Gasteiger partial charge on any atom is 0.416 e. The molecule has 1 atom stereocenters. The molecule has 6 rings (SSSR count). The van der Waals surface area contributed by atoms with E-state index in [1.165, 1.54) is 6.07 Å². The maximum absolute atomic E-state index is 13.3. The summed E-state index contributed by atoms with van der Waals surface area (Å²) in [6, 6.07) is 14.0. The minimum atomic E-state index is -4.45. The van der Waals surface area contributed by atoms with E-state index in [2.05, 4.69) is 20.1 Å². The third-order valence-electron chi connectivity index (χ3n) is 9.02. The van der Waals surface area contributed by atoms with Gasteiger partial charge < -0.3 is 20.9 Å². The number of alkyl halides is 3. The van der Waals surface area contributed by atoms with Crippen molar-refractivity contribution in [2.24, 2.45) is 17.1 Å². The Morgan fingerprint density at radius 2 is 1.81 bits per heavy atom. The minimum absolute atomic E-state index is 0.116. The number of hydrogen-bond acceptors (Lipinski definition) is 5. The number of nitrogens with two attached hydrogens (primary N) is 1. The Bertz CT molecular complexity index is 1510. The van der Waals surface area contributed by atoms with Crippen LogP contribution in [0.15, 0.2) is 60.8 Å². The van der Waals surface area contributed by atoms with E-state index in [0.29, 0.717) is 28.3 Å². The van der Waals surface area contributed by atoms with Crippen molar-refractivity contribution < 1.29 is 22.8 Å². The predicted molar refractivity (Wildman–Crippen MR) is 158 cm³/mol. The fraction of sp³-hybridized carbons (Fsp3) is 0.424. The molecular formula is C33H36F3N5O2. The van der Waals surface area contributed by atoms with Gasteiger partial charge in [0, 0.05) is 55.9 Å². The molecule has 3 heterocycles. The van der Waals surface area contributed by atoms with Crippen LogP contribution < -0.4 is 16.0 Å². The molecule has 2 amide bonds. The normalized spacial score (nSPS) is 18.7. The molecule has 7 nitrogen and oxygen atoms in total. The van der Waals surface area contributed by atoms with E-state index >= 15 is 0 Å². The van der Waals surface area contributed by atoms with Gasteiger partial charge in [-0.25, -0.2) is 0 Å². The highest BCUT2D eigenvalue weighted by Gasteiger charge is 2.48. The summed E-state index contributed by atoms with van der Waals surface area (Å²) in [5.74, 6) is 0.253. The van der Waals surface area contributed by atoms with Crippen LogP contribution in [0.2, 0.25) is 0 Å². The van der Waals surface area contributed by atoms with Crippen LogP contribution in [-0.2, 0) is 17.5 Å². The highest BCUT2D eigenvalue weighted by atomic mass is 19.4. The molecule has 2 aromatic carbocycles. The topological polar surface area (TPSA) is 91.6 Å². The van der Waals surface area contributed by atoms with Gasteiger partial charge in [-0.15, -0.1) is 0 Å². The van der Waals surface area contributed by atoms with Gasteiger partial charge in [-0.1, -0.05) is 30.3 Å². The Kier molecular flexibility index (Phi) is 7.66. The molecule has 3 aromatic rings. The van der Waals surface area contributed by atoms with Crippen LogP contribution >= 0.6 is 0 Å². The number of nitrogens with zero attached hydrogens (tertiary/aromatic N) is 3. The van der Waals surface area contributed by atoms with Gasteiger partial charge in [0.15, 0.2) is 0 Å². The molecule has 226 valence electrons. The average molecular weight is 592 g/mol. The van der Waals surface area contributed by atoms with Crippen LogP contribution in [0.5, 0.6) is 0 Å². The van der Waals surface area contributed by atoms with Crippen molar-refractivity contribution in [3.63, 3.8) is 0 Å². The number of nitrogens with one attached hydrogen (secondary N) is 1. The molecule has 1 aliphatic carbocycles. The van der Waals surface area contributed by atoms with Gasteiger partial charge in [0.2, 0.25) is 5.91 Å². The van der Waals surface area contributed by atoms with Gasteiger partial charge in [-0.3, -0.25) is 14.6 Å². The van der Waals surface area contributed by atoms with Crippen molar-refractivity contribution in [2.75, 3.05) is 31.1 Å². The molecule has 0 radical (unpaired) electrons. The van der Waals surface area contributed by atoms with Crippen LogP contribution in [0.25, 0.3) is 11.1 Å². The molecule has 1 saturated carbocycles. The lowest BCUT2D eigenvalue weighted by atomic mass is 9.73. The van der Waals surface area contributed by atoms with Crippen molar-refractivity contribution in [2.45, 2.75) is 51.4 Å². The number of anilines is 1. The fourth-order valence-electron chi connectivity index (χ4n) is 6.43. The highest BCUT2D eigenvalue weighted by molar-refractivity contribution is 5.93. The second kappa shape index (κ2) is 11.3. The molecule has 3 aliphatic rings. The third-order valence-corrected chi connectivity index (χ3v) is 9.02. The first kappa shape index (κ1) is 29.2. The Morgan fingerprint density at radius 3 is 2.49 bits per heavy atom. The summed E-state index contributed by atoms with van der Waals surface area (Å²) < 4.78 is 39.9. The predicted octanol–water partition coefficient (Wildman–Crippen LogP) is 5.56. The number of likely N-dealkylation sites (tertiary alicyclic amines) is 1. The summed E-state index contributed by atoms with van der Waals surface area (Å²) in [6.45, 7) is 5.35. The lowest BCUT2D eigenvalue weighted by Gasteiger charge is -2.55. The maximum atomic E-state index is 13.3. The van der Waals surface area contributed by atoms with Gasteiger partial charge in [-0.2, -0.15) is 13.2 Å². The van der Waals surface area contributed by atoms with Gasteiger partial charge in [0.1, 0.15) is 5.69 Å². The van der Waals surface area contributed by atoms with Crippen molar-refractivity contribution >= 4 is 17.5 Å². The Balaban J connectivity index is 1.09. The van der Waals surface area contributed by atoms with Crippen molar-refractivity contribution in [3.05, 3.63) is 83.2 Å². The Morgan fingerprint density at radius 1 is 1.07 bits per heavy atom. The first-order valence-corrected chi connectivity index (χ1v) is 14.9. The van der Waals surface area contributed by atoms with E-state index in [9.17, 15) is 22.8 Å². The molecule has 1 spiro atoms. The molecule has 0 unspecified atom stereocenters. The monoisotopic (exact) mass is 591 g/mol. The number of aromatic nitrogens is 1. The number of pyridine rings is 1. The molecule has 43 heavy (non-hydrogen) atoms. The first-order valence-electron chi connectivity index (χ1n) is 14.9. The lowest BCUT2D eigenvalue weighted by molar-refractivity contribution is -0.138. The summed E-state index contributed by atoms with van der Waals surface area (Å²) >= 11 is 0. The summed E-state index contributed by atoms with van der Waals surface area (Å²) in [6.07, 6.45) is 1.38. The smallest absolute Gasteiger partial charge is 0.370 e. The largest absolute Gasteiger partial charge is 0.416 e. The van der Waals surface area contributed by atoms with Crippen LogP contribution in [-0.4, -0.2) is 47.9 Å². The van der Waals surface area contributed by atoms with Crippen molar-refractivity contribution in [1.29, 1.82) is 0 Å². The molecule has 3 N–H and O–H groups in total. The van der Waals surface area contributed by atoms with Gasteiger partial charge in [0.05, 0.1) is 11.6 Å². The second-order valence-corrected chi connectivity index (χ2v) is 12.3. The standard InChI is InChI=1S/C33H36F3N5O2/c1-21(22-3-5-23(6-4-22)28-15-26(33(34,35)36)10-9-25(28)17-37)39-30(42)29-16-27(11-13-38-29)41-19-32(20-41)12-2-14-40(18-32)31(43)24-7-8-24/h3-6,9-11,13,15-16,21,24H,2,7-8,12,14,17-20,37H2,1H3,(H,39,42)/t21-/m1/s1. The number of carbonyl (C=O) groups is 2. The second-order valence-electron chi connectivity index (χ2n) is 12.3. The zero-order valence-corrected chi connectivity index (χ0v) is 24.2.